The smallest absolute Gasteiger partial charge is 0.179 e. The predicted molar refractivity (Wildman–Crippen MR) is 42.8 cm³/mol. The fourth-order valence-electron chi connectivity index (χ4n) is 1.14. The molecule has 1 heterocycles. The highest BCUT2D eigenvalue weighted by atomic mass is 31.1. The van der Waals surface area contributed by atoms with Crippen LogP contribution in [0.1, 0.15) is 6.42 Å². The molecule has 0 aromatic carbocycles. The monoisotopic (exact) mass is 236 g/mol. The largest absolute Gasteiger partial charge is 0.772 e. The number of hydrogen-bond acceptors (Lipinski definition) is 7. The van der Waals surface area contributed by atoms with Crippen molar-refractivity contribution in [3.05, 3.63) is 0 Å². The maximum absolute atomic E-state index is 9.83. The highest BCUT2D eigenvalue weighted by Crippen LogP contribution is 2.29. The number of terminal acetylenes is 1. The predicted octanol–water partition coefficient (Wildman–Crippen LogP) is -2.70. The van der Waals surface area contributed by atoms with E-state index in [0.29, 0.717) is 0 Å². The first-order valence-corrected chi connectivity index (χ1v) is 4.50. The maximum Gasteiger partial charge on any atom is 0.179 e. The van der Waals surface area contributed by atoms with Crippen molar-refractivity contribution in [3.63, 3.8) is 0 Å². The van der Waals surface area contributed by atoms with Gasteiger partial charge in [0.25, 0.3) is 0 Å². The van der Waals surface area contributed by atoms with E-state index in [2.05, 4.69) is 10.8 Å². The topological polar surface area (TPSA) is 122 Å². The Bertz CT molecular complexity index is 240. The summed E-state index contributed by atoms with van der Waals surface area (Å²) in [5, 5.41) is 28.1. The Kier molecular flexibility index (Phi) is 6.56. The molecule has 0 radical (unpaired) electrons. The van der Waals surface area contributed by atoms with E-state index in [4.69, 9.17) is 25.7 Å². The summed E-state index contributed by atoms with van der Waals surface area (Å²) in [4.78, 5) is 11.9. The molecule has 1 saturated heterocycles. The first-order chi connectivity index (χ1) is 7.06. The summed E-state index contributed by atoms with van der Waals surface area (Å²) < 4.78 is 13.1. The third kappa shape index (κ3) is 3.81. The molecule has 1 aliphatic rings. The minimum atomic E-state index is -1.48. The summed E-state index contributed by atoms with van der Waals surface area (Å²) in [6, 6.07) is 0. The van der Waals surface area contributed by atoms with Gasteiger partial charge in [-0.15, -0.1) is 6.42 Å². The van der Waals surface area contributed by atoms with Crippen molar-refractivity contribution in [1.29, 1.82) is 0 Å². The number of hydrogen-bond donors (Lipinski definition) is 2. The fourth-order valence-corrected chi connectivity index (χ4v) is 1.14. The van der Waals surface area contributed by atoms with Gasteiger partial charge in [0.2, 0.25) is 0 Å². The van der Waals surface area contributed by atoms with Crippen LogP contribution in [0, 0.1) is 12.3 Å². The van der Waals surface area contributed by atoms with Crippen LogP contribution in [0.4, 0.5) is 0 Å². The molecule has 0 aromatic rings. The average molecular weight is 236 g/mol. The lowest BCUT2D eigenvalue weighted by atomic mass is 9.99. The van der Waals surface area contributed by atoms with E-state index in [0.717, 1.165) is 0 Å². The first-order valence-electron chi connectivity index (χ1n) is 3.77. The van der Waals surface area contributed by atoms with Crippen LogP contribution in [0.2, 0.25) is 0 Å². The number of aliphatic hydroxyl groups is 2. The van der Waals surface area contributed by atoms with Gasteiger partial charge in [0.15, 0.2) is 11.9 Å². The Morgan fingerprint density at radius 3 is 2.53 bits per heavy atom. The summed E-state index contributed by atoms with van der Waals surface area (Å²) in [5.41, 5.74) is -1.48. The highest BCUT2D eigenvalue weighted by molar-refractivity contribution is 7.14. The van der Waals surface area contributed by atoms with E-state index in [-0.39, 0.29) is 6.42 Å². The van der Waals surface area contributed by atoms with Crippen LogP contribution < -0.4 is 10.2 Å². The zero-order valence-corrected chi connectivity index (χ0v) is 8.42. The summed E-state index contributed by atoms with van der Waals surface area (Å²) in [7, 11) is -1.08. The van der Waals surface area contributed by atoms with Crippen LogP contribution in [-0.2, 0) is 14.2 Å². The molecule has 15 heavy (non-hydrogen) atoms. The van der Waals surface area contributed by atoms with Crippen molar-refractivity contribution >= 4 is 8.69 Å². The molecule has 1 aliphatic heterocycles. The highest BCUT2D eigenvalue weighted by Gasteiger charge is 2.46. The van der Waals surface area contributed by atoms with Crippen molar-refractivity contribution in [1.82, 2.24) is 0 Å². The molecule has 0 spiro atoms. The van der Waals surface area contributed by atoms with E-state index in [1.54, 1.807) is 0 Å². The van der Waals surface area contributed by atoms with Gasteiger partial charge >= 0.3 is 0 Å². The molecule has 0 aliphatic carbocycles. The molecule has 7 nitrogen and oxygen atoms in total. The molecule has 2 N–H and O–H groups in total. The minimum Gasteiger partial charge on any atom is -0.772 e. The van der Waals surface area contributed by atoms with Gasteiger partial charge in [0.1, 0.15) is 6.10 Å². The third-order valence-corrected chi connectivity index (χ3v) is 1.83. The maximum atomic E-state index is 9.83. The minimum absolute atomic E-state index is 0.00639. The van der Waals surface area contributed by atoms with E-state index < -0.39 is 33.3 Å². The molecule has 0 amide bonds. The zero-order chi connectivity index (χ0) is 11.9. The lowest BCUT2D eigenvalue weighted by molar-refractivity contribution is -0.693. The molecule has 1 unspecified atom stereocenters. The molecule has 3 atom stereocenters. The van der Waals surface area contributed by atoms with Crippen LogP contribution in [0.15, 0.2) is 0 Å². The Morgan fingerprint density at radius 2 is 2.27 bits per heavy atom. The lowest BCUT2D eigenvalue weighted by Crippen LogP contribution is -2.44. The second kappa shape index (κ2) is 6.82. The molecule has 1 fully saturated rings. The summed E-state index contributed by atoms with van der Waals surface area (Å²) in [5.74, 6) is 2.10. The Labute approximate surface area is 87.5 Å². The van der Waals surface area contributed by atoms with Gasteiger partial charge in [-0.2, -0.15) is 0 Å². The van der Waals surface area contributed by atoms with Crippen molar-refractivity contribution in [3.8, 4) is 12.3 Å². The molecule has 0 saturated carbocycles. The normalized spacial score (nSPS) is 34.3. The summed E-state index contributed by atoms with van der Waals surface area (Å²) in [6.45, 7) is -0.471. The van der Waals surface area contributed by atoms with Crippen molar-refractivity contribution in [2.24, 2.45) is 0 Å². The van der Waals surface area contributed by atoms with Gasteiger partial charge in [-0.1, -0.05) is 5.92 Å². The number of aliphatic hydroxyl groups excluding tert-OH is 2. The molecular weight excluding hydrogens is 227 g/mol. The van der Waals surface area contributed by atoms with Gasteiger partial charge in [0.05, 0.1) is 15.3 Å². The van der Waals surface area contributed by atoms with Crippen LogP contribution >= 0.6 is 8.69 Å². The van der Waals surface area contributed by atoms with Crippen molar-refractivity contribution in [2.45, 2.75) is 24.4 Å². The van der Waals surface area contributed by atoms with E-state index >= 15 is 0 Å². The van der Waals surface area contributed by atoms with Crippen molar-refractivity contribution in [2.75, 3.05) is 6.61 Å². The van der Waals surface area contributed by atoms with Gasteiger partial charge in [-0.25, -0.2) is 0 Å². The molecular formula is C7H9O7P-2. The van der Waals surface area contributed by atoms with E-state index in [1.807, 2.05) is 0 Å². The average Bonchev–Trinajstić information content (AvgIpc) is 2.44. The quantitative estimate of drug-likeness (QED) is 0.231. The fraction of sp³-hybridized carbons (Fsp3) is 0.714. The van der Waals surface area contributed by atoms with Crippen LogP contribution in [-0.4, -0.2) is 34.8 Å². The van der Waals surface area contributed by atoms with Crippen molar-refractivity contribution < 1.29 is 34.6 Å². The molecule has 8 heteroatoms. The van der Waals surface area contributed by atoms with Gasteiger partial charge in [0, 0.05) is 6.42 Å². The second-order valence-electron chi connectivity index (χ2n) is 2.69. The van der Waals surface area contributed by atoms with Gasteiger partial charge < -0.3 is 30.0 Å². The van der Waals surface area contributed by atoms with Gasteiger partial charge in [-0.3, -0.25) is 4.57 Å². The Balaban J connectivity index is 0.000000583. The number of rotatable bonds is 2. The SMILES string of the molecule is C#C[C@]1(CO[O-])OC(O)C[C@@H]1O.O=P[O-]. The Hall–Kier alpha value is -0.580. The summed E-state index contributed by atoms with van der Waals surface area (Å²) in [6.07, 6.45) is 2.84. The first kappa shape index (κ1) is 14.4. The Morgan fingerprint density at radius 1 is 1.73 bits per heavy atom. The van der Waals surface area contributed by atoms with Crippen LogP contribution in [0.3, 0.4) is 0 Å². The third-order valence-electron chi connectivity index (χ3n) is 1.83. The van der Waals surface area contributed by atoms with E-state index in [9.17, 15) is 10.4 Å². The zero-order valence-electron chi connectivity index (χ0n) is 7.53. The molecule has 0 aromatic heterocycles. The number of ether oxygens (including phenoxy) is 1. The van der Waals surface area contributed by atoms with Gasteiger partial charge in [-0.05, 0) is 0 Å². The standard InChI is InChI=1S/C7H10O5.HO2P/c1-2-7(4-11-10)5(8)3-6(9)12-7;1-3-2/h1,5-6,8-10H,3-4H2;(H,1,2)/p-2/t5-,6?,7+;/m0./s1. The van der Waals surface area contributed by atoms with E-state index in [1.165, 1.54) is 0 Å². The van der Waals surface area contributed by atoms with Crippen LogP contribution in [0.5, 0.6) is 0 Å². The molecule has 86 valence electrons. The van der Waals surface area contributed by atoms with Crippen LogP contribution in [0.25, 0.3) is 0 Å². The molecule has 1 rings (SSSR count). The molecule has 0 bridgehead atoms. The lowest BCUT2D eigenvalue weighted by Gasteiger charge is -2.26. The summed E-state index contributed by atoms with van der Waals surface area (Å²) >= 11 is 0. The second-order valence-corrected chi connectivity index (χ2v) is 2.84.